The molecule has 0 bridgehead atoms. The molecule has 0 spiro atoms. The molecule has 0 radical (unpaired) electrons. The second-order valence-corrected chi connectivity index (χ2v) is 3.56. The lowest BCUT2D eigenvalue weighted by Gasteiger charge is -2.08. The van der Waals surface area contributed by atoms with E-state index >= 15 is 0 Å². The average Bonchev–Trinajstić information content (AvgIpc) is 2.89. The highest BCUT2D eigenvalue weighted by Crippen LogP contribution is 2.13. The molecule has 1 aromatic carbocycles. The summed E-state index contributed by atoms with van der Waals surface area (Å²) in [6, 6.07) is 7.38. The number of rotatable bonds is 4. The van der Waals surface area contributed by atoms with Crippen LogP contribution in [-0.4, -0.2) is 22.9 Å². The molecule has 1 heterocycles. The standard InChI is InChI=1S/C12H14N4O/c1-13-11-5-3-2-4-10(11)12(17)15-7-9-6-14-8-16-9/h2-6,8,13H,7H2,1H3,(H,14,16)(H,15,17). The van der Waals surface area contributed by atoms with Crippen LogP contribution in [0.15, 0.2) is 36.8 Å². The number of para-hydroxylation sites is 1. The number of carbonyl (C=O) groups excluding carboxylic acids is 1. The minimum Gasteiger partial charge on any atom is -0.387 e. The molecule has 1 amide bonds. The maximum absolute atomic E-state index is 11.9. The van der Waals surface area contributed by atoms with Gasteiger partial charge in [0.15, 0.2) is 0 Å². The zero-order valence-electron chi connectivity index (χ0n) is 9.53. The van der Waals surface area contributed by atoms with Crippen LogP contribution in [0.5, 0.6) is 0 Å². The monoisotopic (exact) mass is 230 g/mol. The third-order valence-electron chi connectivity index (χ3n) is 2.44. The van der Waals surface area contributed by atoms with E-state index in [1.807, 2.05) is 18.2 Å². The molecule has 0 saturated carbocycles. The van der Waals surface area contributed by atoms with Crippen LogP contribution in [0.1, 0.15) is 16.1 Å². The fourth-order valence-electron chi connectivity index (χ4n) is 1.55. The van der Waals surface area contributed by atoms with Crippen LogP contribution in [0.25, 0.3) is 0 Å². The Morgan fingerprint density at radius 1 is 1.41 bits per heavy atom. The van der Waals surface area contributed by atoms with Gasteiger partial charge in [-0.25, -0.2) is 4.98 Å². The molecule has 1 aromatic heterocycles. The SMILES string of the molecule is CNc1ccccc1C(=O)NCc1cnc[nH]1. The topological polar surface area (TPSA) is 69.8 Å². The molecule has 0 aliphatic rings. The van der Waals surface area contributed by atoms with Crippen LogP contribution < -0.4 is 10.6 Å². The maximum atomic E-state index is 11.9. The Labute approximate surface area is 99.3 Å². The van der Waals surface area contributed by atoms with Crippen LogP contribution in [0, 0.1) is 0 Å². The van der Waals surface area contributed by atoms with Gasteiger partial charge in [-0.3, -0.25) is 4.79 Å². The summed E-state index contributed by atoms with van der Waals surface area (Å²) >= 11 is 0. The third-order valence-corrected chi connectivity index (χ3v) is 2.44. The first-order chi connectivity index (χ1) is 8.31. The Balaban J connectivity index is 2.04. The van der Waals surface area contributed by atoms with Gasteiger partial charge in [-0.1, -0.05) is 12.1 Å². The molecular weight excluding hydrogens is 216 g/mol. The van der Waals surface area contributed by atoms with Gasteiger partial charge in [0, 0.05) is 18.9 Å². The lowest BCUT2D eigenvalue weighted by atomic mass is 10.1. The second kappa shape index (κ2) is 5.16. The van der Waals surface area contributed by atoms with E-state index in [1.54, 1.807) is 25.6 Å². The molecule has 2 aromatic rings. The van der Waals surface area contributed by atoms with Crippen molar-refractivity contribution in [1.29, 1.82) is 0 Å². The number of amides is 1. The highest BCUT2D eigenvalue weighted by atomic mass is 16.1. The molecule has 0 atom stereocenters. The Morgan fingerprint density at radius 2 is 2.24 bits per heavy atom. The number of aromatic amines is 1. The van der Waals surface area contributed by atoms with Crippen LogP contribution in [0.3, 0.4) is 0 Å². The van der Waals surface area contributed by atoms with Crippen LogP contribution in [-0.2, 0) is 6.54 Å². The van der Waals surface area contributed by atoms with E-state index in [9.17, 15) is 4.79 Å². The highest BCUT2D eigenvalue weighted by molar-refractivity contribution is 5.99. The summed E-state index contributed by atoms with van der Waals surface area (Å²) < 4.78 is 0. The molecule has 5 heteroatoms. The first kappa shape index (κ1) is 11.2. The number of nitrogens with zero attached hydrogens (tertiary/aromatic N) is 1. The number of benzene rings is 1. The largest absolute Gasteiger partial charge is 0.387 e. The van der Waals surface area contributed by atoms with E-state index in [1.165, 1.54) is 0 Å². The van der Waals surface area contributed by atoms with Crippen molar-refractivity contribution < 1.29 is 4.79 Å². The van der Waals surface area contributed by atoms with E-state index in [4.69, 9.17) is 0 Å². The zero-order valence-corrected chi connectivity index (χ0v) is 9.53. The summed E-state index contributed by atoms with van der Waals surface area (Å²) in [7, 11) is 1.79. The molecule has 0 aliphatic heterocycles. The fraction of sp³-hybridized carbons (Fsp3) is 0.167. The highest BCUT2D eigenvalue weighted by Gasteiger charge is 2.09. The molecule has 88 valence electrons. The van der Waals surface area contributed by atoms with E-state index < -0.39 is 0 Å². The van der Waals surface area contributed by atoms with Crippen molar-refractivity contribution in [2.24, 2.45) is 0 Å². The molecule has 3 N–H and O–H groups in total. The van der Waals surface area contributed by atoms with Gasteiger partial charge >= 0.3 is 0 Å². The summed E-state index contributed by atoms with van der Waals surface area (Å²) in [4.78, 5) is 18.8. The predicted molar refractivity (Wildman–Crippen MR) is 65.7 cm³/mol. The number of H-pyrrole nitrogens is 1. The Bertz CT molecular complexity index is 493. The third kappa shape index (κ3) is 2.63. The van der Waals surface area contributed by atoms with Crippen LogP contribution in [0.4, 0.5) is 5.69 Å². The summed E-state index contributed by atoms with van der Waals surface area (Å²) in [6.07, 6.45) is 3.27. The molecule has 17 heavy (non-hydrogen) atoms. The number of imidazole rings is 1. The zero-order chi connectivity index (χ0) is 12.1. The summed E-state index contributed by atoms with van der Waals surface area (Å²) in [5.41, 5.74) is 2.32. The first-order valence-corrected chi connectivity index (χ1v) is 5.33. The van der Waals surface area contributed by atoms with Gasteiger partial charge in [0.05, 0.1) is 24.1 Å². The molecule has 0 unspecified atom stereocenters. The summed E-state index contributed by atoms with van der Waals surface area (Å²) in [5, 5.41) is 5.81. The fourth-order valence-corrected chi connectivity index (χ4v) is 1.55. The normalized spacial score (nSPS) is 9.94. The predicted octanol–water partition coefficient (Wildman–Crippen LogP) is 1.38. The number of anilines is 1. The van der Waals surface area contributed by atoms with Crippen LogP contribution >= 0.6 is 0 Å². The smallest absolute Gasteiger partial charge is 0.253 e. The van der Waals surface area contributed by atoms with Gasteiger partial charge < -0.3 is 15.6 Å². The van der Waals surface area contributed by atoms with Gasteiger partial charge in [0.1, 0.15) is 0 Å². The van der Waals surface area contributed by atoms with E-state index in [0.717, 1.165) is 11.4 Å². The Morgan fingerprint density at radius 3 is 2.94 bits per heavy atom. The number of nitrogens with one attached hydrogen (secondary N) is 3. The number of aromatic nitrogens is 2. The first-order valence-electron chi connectivity index (χ1n) is 5.33. The van der Waals surface area contributed by atoms with Gasteiger partial charge in [-0.15, -0.1) is 0 Å². The van der Waals surface area contributed by atoms with Gasteiger partial charge in [-0.05, 0) is 12.1 Å². The quantitative estimate of drug-likeness (QED) is 0.743. The van der Waals surface area contributed by atoms with Crippen molar-refractivity contribution in [3.05, 3.63) is 48.0 Å². The number of hydrogen-bond acceptors (Lipinski definition) is 3. The van der Waals surface area contributed by atoms with Crippen molar-refractivity contribution in [2.45, 2.75) is 6.54 Å². The Hall–Kier alpha value is -2.30. The summed E-state index contributed by atoms with van der Waals surface area (Å²) in [6.45, 7) is 0.441. The van der Waals surface area contributed by atoms with Crippen molar-refractivity contribution in [1.82, 2.24) is 15.3 Å². The van der Waals surface area contributed by atoms with E-state index in [-0.39, 0.29) is 5.91 Å². The van der Waals surface area contributed by atoms with Gasteiger partial charge in [0.25, 0.3) is 5.91 Å². The molecule has 0 saturated heterocycles. The number of carbonyl (C=O) groups is 1. The average molecular weight is 230 g/mol. The molecule has 0 aliphatic carbocycles. The van der Waals surface area contributed by atoms with Crippen molar-refractivity contribution in [2.75, 3.05) is 12.4 Å². The molecular formula is C12H14N4O. The maximum Gasteiger partial charge on any atom is 0.253 e. The number of hydrogen-bond donors (Lipinski definition) is 3. The summed E-state index contributed by atoms with van der Waals surface area (Å²) in [5.74, 6) is -0.107. The van der Waals surface area contributed by atoms with Crippen molar-refractivity contribution in [3.8, 4) is 0 Å². The van der Waals surface area contributed by atoms with Crippen LogP contribution in [0.2, 0.25) is 0 Å². The van der Waals surface area contributed by atoms with Gasteiger partial charge in [-0.2, -0.15) is 0 Å². The lowest BCUT2D eigenvalue weighted by Crippen LogP contribution is -2.23. The molecule has 0 fully saturated rings. The lowest BCUT2D eigenvalue weighted by molar-refractivity contribution is 0.0951. The van der Waals surface area contributed by atoms with Gasteiger partial charge in [0.2, 0.25) is 0 Å². The Kier molecular flexibility index (Phi) is 3.40. The minimum atomic E-state index is -0.107. The van der Waals surface area contributed by atoms with E-state index in [2.05, 4.69) is 20.6 Å². The van der Waals surface area contributed by atoms with E-state index in [0.29, 0.717) is 12.1 Å². The second-order valence-electron chi connectivity index (χ2n) is 3.56. The van der Waals surface area contributed by atoms with Crippen molar-refractivity contribution >= 4 is 11.6 Å². The molecule has 5 nitrogen and oxygen atoms in total. The minimum absolute atomic E-state index is 0.107. The molecule has 2 rings (SSSR count). The van der Waals surface area contributed by atoms with Crippen molar-refractivity contribution in [3.63, 3.8) is 0 Å².